The van der Waals surface area contributed by atoms with E-state index in [2.05, 4.69) is 15.5 Å². The number of hydrogen-bond acceptors (Lipinski definition) is 5. The molecule has 0 atom stereocenters. The second-order valence-corrected chi connectivity index (χ2v) is 8.22. The molecule has 152 valence electrons. The molecule has 1 amide bonds. The van der Waals surface area contributed by atoms with Gasteiger partial charge in [-0.2, -0.15) is 0 Å². The van der Waals surface area contributed by atoms with Crippen LogP contribution in [-0.4, -0.2) is 26.4 Å². The number of para-hydroxylation sites is 1. The number of anilines is 1. The smallest absolute Gasteiger partial charge is 0.234 e. The fourth-order valence-corrected chi connectivity index (χ4v) is 4.04. The lowest BCUT2D eigenvalue weighted by molar-refractivity contribution is -0.113. The molecular weight excluding hydrogens is 467 g/mol. The first-order chi connectivity index (χ1) is 14.5. The molecule has 0 aliphatic rings. The Bertz CT molecular complexity index is 1160. The molecule has 0 fully saturated rings. The molecule has 4 rings (SSSR count). The lowest BCUT2D eigenvalue weighted by Crippen LogP contribution is -2.15. The van der Waals surface area contributed by atoms with Gasteiger partial charge in [-0.3, -0.25) is 9.36 Å². The second kappa shape index (κ2) is 9.14. The van der Waals surface area contributed by atoms with Gasteiger partial charge in [0.05, 0.1) is 27.7 Å². The second-order valence-electron chi connectivity index (χ2n) is 6.03. The third-order valence-corrected chi connectivity index (χ3v) is 5.83. The van der Waals surface area contributed by atoms with Gasteiger partial charge in [-0.05, 0) is 48.5 Å². The Morgan fingerprint density at radius 2 is 1.73 bits per heavy atom. The molecule has 10 heteroatoms. The van der Waals surface area contributed by atoms with Crippen molar-refractivity contribution in [1.29, 1.82) is 0 Å². The maximum atomic E-state index is 12.5. The van der Waals surface area contributed by atoms with Crippen molar-refractivity contribution in [3.63, 3.8) is 0 Å². The Hall–Kier alpha value is -2.45. The van der Waals surface area contributed by atoms with Gasteiger partial charge in [-0.1, -0.05) is 52.6 Å². The molecule has 1 N–H and O–H groups in total. The molecule has 2 aromatic heterocycles. The highest BCUT2D eigenvalue weighted by Crippen LogP contribution is 2.31. The zero-order chi connectivity index (χ0) is 21.1. The molecule has 0 unspecified atom stereocenters. The van der Waals surface area contributed by atoms with Crippen molar-refractivity contribution in [2.45, 2.75) is 5.16 Å². The summed E-state index contributed by atoms with van der Waals surface area (Å²) in [5.41, 5.74) is 1.16. The van der Waals surface area contributed by atoms with Gasteiger partial charge in [0, 0.05) is 10.7 Å². The van der Waals surface area contributed by atoms with E-state index in [1.165, 1.54) is 11.8 Å². The number of carbonyl (C=O) groups excluding carboxylic acids is 1. The number of nitrogens with one attached hydrogen (secondary N) is 1. The summed E-state index contributed by atoms with van der Waals surface area (Å²) in [5.74, 6) is 0.863. The first kappa shape index (κ1) is 20.8. The summed E-state index contributed by atoms with van der Waals surface area (Å²) in [6.45, 7) is 0. The van der Waals surface area contributed by atoms with E-state index >= 15 is 0 Å². The Labute approximate surface area is 191 Å². The van der Waals surface area contributed by atoms with Gasteiger partial charge in [-0.25, -0.2) is 0 Å². The van der Waals surface area contributed by atoms with E-state index in [0.717, 1.165) is 5.69 Å². The molecule has 0 saturated carbocycles. The summed E-state index contributed by atoms with van der Waals surface area (Å²) in [6, 6.07) is 15.8. The summed E-state index contributed by atoms with van der Waals surface area (Å²) >= 11 is 19.5. The predicted molar refractivity (Wildman–Crippen MR) is 120 cm³/mol. The fraction of sp³-hybridized carbons (Fsp3) is 0.0500. The lowest BCUT2D eigenvalue weighted by atomic mass is 10.3. The van der Waals surface area contributed by atoms with Crippen molar-refractivity contribution >= 4 is 58.2 Å². The number of furan rings is 1. The maximum Gasteiger partial charge on any atom is 0.234 e. The van der Waals surface area contributed by atoms with Crippen LogP contribution in [0.4, 0.5) is 5.69 Å². The minimum atomic E-state index is -0.278. The topological polar surface area (TPSA) is 73.0 Å². The predicted octanol–water partition coefficient (Wildman–Crippen LogP) is 6.22. The summed E-state index contributed by atoms with van der Waals surface area (Å²) in [6.07, 6.45) is 1.56. The number of hydrogen-bond donors (Lipinski definition) is 1. The van der Waals surface area contributed by atoms with Crippen molar-refractivity contribution < 1.29 is 9.21 Å². The van der Waals surface area contributed by atoms with Gasteiger partial charge in [0.15, 0.2) is 10.9 Å². The largest absolute Gasteiger partial charge is 0.461 e. The van der Waals surface area contributed by atoms with Crippen molar-refractivity contribution in [2.24, 2.45) is 0 Å². The lowest BCUT2D eigenvalue weighted by Gasteiger charge is -2.10. The first-order valence-electron chi connectivity index (χ1n) is 8.65. The van der Waals surface area contributed by atoms with Crippen LogP contribution in [0.25, 0.3) is 17.3 Å². The van der Waals surface area contributed by atoms with E-state index in [0.29, 0.717) is 37.5 Å². The van der Waals surface area contributed by atoms with Crippen LogP contribution in [0.2, 0.25) is 15.1 Å². The number of carbonyl (C=O) groups is 1. The SMILES string of the molecule is O=C(CSc1nnc(-c2ccco2)n1-c1ccc(Cl)cc1)Nc1c(Cl)cccc1Cl. The number of benzene rings is 2. The van der Waals surface area contributed by atoms with E-state index in [1.54, 1.807) is 53.3 Å². The van der Waals surface area contributed by atoms with E-state index in [4.69, 9.17) is 39.2 Å². The highest BCUT2D eigenvalue weighted by atomic mass is 35.5. The van der Waals surface area contributed by atoms with E-state index in [1.807, 2.05) is 12.1 Å². The Kier molecular flexibility index (Phi) is 6.34. The van der Waals surface area contributed by atoms with Crippen molar-refractivity contribution in [3.8, 4) is 17.3 Å². The highest BCUT2D eigenvalue weighted by Gasteiger charge is 2.19. The zero-order valence-corrected chi connectivity index (χ0v) is 18.3. The normalized spacial score (nSPS) is 10.9. The van der Waals surface area contributed by atoms with Gasteiger partial charge < -0.3 is 9.73 Å². The quantitative estimate of drug-likeness (QED) is 0.332. The number of aromatic nitrogens is 3. The van der Waals surface area contributed by atoms with Crippen LogP contribution in [0.1, 0.15) is 0 Å². The van der Waals surface area contributed by atoms with E-state index < -0.39 is 0 Å². The highest BCUT2D eigenvalue weighted by molar-refractivity contribution is 7.99. The van der Waals surface area contributed by atoms with E-state index in [9.17, 15) is 4.79 Å². The third-order valence-electron chi connectivity index (χ3n) is 4.02. The van der Waals surface area contributed by atoms with Gasteiger partial charge >= 0.3 is 0 Å². The molecule has 0 saturated heterocycles. The first-order valence-corrected chi connectivity index (χ1v) is 10.8. The van der Waals surface area contributed by atoms with Crippen molar-refractivity contribution in [3.05, 3.63) is 75.9 Å². The Morgan fingerprint density at radius 1 is 1.00 bits per heavy atom. The molecule has 0 aliphatic heterocycles. The number of amides is 1. The number of nitrogens with zero attached hydrogens (tertiary/aromatic N) is 3. The Morgan fingerprint density at radius 3 is 2.40 bits per heavy atom. The van der Waals surface area contributed by atoms with E-state index in [-0.39, 0.29) is 11.7 Å². The Balaban J connectivity index is 1.58. The average molecular weight is 480 g/mol. The fourth-order valence-electron chi connectivity index (χ4n) is 2.67. The monoisotopic (exact) mass is 478 g/mol. The van der Waals surface area contributed by atoms with Gasteiger partial charge in [0.25, 0.3) is 0 Å². The number of halogens is 3. The number of thioether (sulfide) groups is 1. The van der Waals surface area contributed by atoms with Crippen LogP contribution in [0.5, 0.6) is 0 Å². The minimum absolute atomic E-state index is 0.0748. The molecule has 0 aliphatic carbocycles. The van der Waals surface area contributed by atoms with Crippen LogP contribution in [0.15, 0.2) is 70.4 Å². The zero-order valence-electron chi connectivity index (χ0n) is 15.2. The molecule has 2 aromatic carbocycles. The maximum absolute atomic E-state index is 12.5. The van der Waals surface area contributed by atoms with Crippen LogP contribution < -0.4 is 5.32 Å². The van der Waals surface area contributed by atoms with Crippen molar-refractivity contribution in [1.82, 2.24) is 14.8 Å². The third kappa shape index (κ3) is 4.49. The average Bonchev–Trinajstić information content (AvgIpc) is 3.39. The van der Waals surface area contributed by atoms with Crippen LogP contribution in [0.3, 0.4) is 0 Å². The summed E-state index contributed by atoms with van der Waals surface area (Å²) < 4.78 is 7.28. The molecule has 6 nitrogen and oxygen atoms in total. The standard InChI is InChI=1S/C20H13Cl3N4O2S/c21-12-6-8-13(9-7-12)27-19(16-5-2-10-29-16)25-26-20(27)30-11-17(28)24-18-14(22)3-1-4-15(18)23/h1-10H,11H2,(H,24,28). The molecule has 0 bridgehead atoms. The van der Waals surface area contributed by atoms with Gasteiger partial charge in [0.1, 0.15) is 0 Å². The van der Waals surface area contributed by atoms with Crippen LogP contribution in [-0.2, 0) is 4.79 Å². The van der Waals surface area contributed by atoms with Crippen LogP contribution in [0, 0.1) is 0 Å². The molecule has 4 aromatic rings. The van der Waals surface area contributed by atoms with Crippen LogP contribution >= 0.6 is 46.6 Å². The molecule has 0 radical (unpaired) electrons. The molecule has 2 heterocycles. The molecular formula is C20H13Cl3N4O2S. The molecule has 30 heavy (non-hydrogen) atoms. The summed E-state index contributed by atoms with van der Waals surface area (Å²) in [5, 5.41) is 13.1. The van der Waals surface area contributed by atoms with Gasteiger partial charge in [0.2, 0.25) is 11.7 Å². The summed E-state index contributed by atoms with van der Waals surface area (Å²) in [4.78, 5) is 12.5. The molecule has 0 spiro atoms. The summed E-state index contributed by atoms with van der Waals surface area (Å²) in [7, 11) is 0. The van der Waals surface area contributed by atoms with Crippen molar-refractivity contribution in [2.75, 3.05) is 11.1 Å². The van der Waals surface area contributed by atoms with Gasteiger partial charge in [-0.15, -0.1) is 10.2 Å². The minimum Gasteiger partial charge on any atom is -0.461 e. The number of rotatable bonds is 6.